The molecule has 0 aliphatic rings. The summed E-state index contributed by atoms with van der Waals surface area (Å²) in [6.07, 6.45) is 1.30. The molecule has 4 rings (SSSR count). The van der Waals surface area contributed by atoms with E-state index in [0.717, 1.165) is 0 Å². The Balaban J connectivity index is 2.08. The van der Waals surface area contributed by atoms with Gasteiger partial charge < -0.3 is 21.0 Å². The molecule has 0 radical (unpaired) electrons. The summed E-state index contributed by atoms with van der Waals surface area (Å²) in [5.74, 6) is 0.139. The summed E-state index contributed by atoms with van der Waals surface area (Å²) in [7, 11) is 0. The average Bonchev–Trinajstić information content (AvgIpc) is 3.06. The third kappa shape index (κ3) is 2.67. The first-order valence-electron chi connectivity index (χ1n) is 8.30. The van der Waals surface area contributed by atoms with E-state index in [9.17, 15) is 14.0 Å². The number of amides is 2. The maximum absolute atomic E-state index is 13.9. The molecule has 8 nitrogen and oxygen atoms in total. The lowest BCUT2D eigenvalue weighted by molar-refractivity contribution is 0.246. The summed E-state index contributed by atoms with van der Waals surface area (Å²) in [4.78, 5) is 38.2. The third-order valence-corrected chi connectivity index (χ3v) is 4.65. The number of carbonyl (C=O) groups excluding carboxylic acids is 1. The molecule has 0 aliphatic heterocycles. The number of imidazole rings is 1. The summed E-state index contributed by atoms with van der Waals surface area (Å²) in [5, 5.41) is 3.95. The molecule has 5 N–H and O–H groups in total. The van der Waals surface area contributed by atoms with Gasteiger partial charge in [0.1, 0.15) is 17.2 Å². The van der Waals surface area contributed by atoms with Gasteiger partial charge in [0, 0.05) is 22.7 Å². The van der Waals surface area contributed by atoms with Crippen LogP contribution in [0.5, 0.6) is 0 Å². The van der Waals surface area contributed by atoms with E-state index >= 15 is 0 Å². The molecule has 9 heteroatoms. The Morgan fingerprint density at radius 3 is 2.81 bits per heavy atom. The smallest absolute Gasteiger partial charge is 0.312 e. The van der Waals surface area contributed by atoms with Crippen molar-refractivity contribution in [2.75, 3.05) is 6.54 Å². The molecule has 2 aromatic heterocycles. The number of H-pyrrole nitrogens is 2. The van der Waals surface area contributed by atoms with E-state index in [1.165, 1.54) is 18.5 Å². The van der Waals surface area contributed by atoms with Crippen LogP contribution in [0.15, 0.2) is 29.3 Å². The Morgan fingerprint density at radius 2 is 2.07 bits per heavy atom. The molecule has 0 saturated carbocycles. The SMILES string of the molecule is CC(C)(CNC(N)=O)c1nc2c3ccc(F)cc3c3c(=O)[nH]cnc3c2[nH]1. The van der Waals surface area contributed by atoms with Crippen LogP contribution in [0, 0.1) is 5.82 Å². The van der Waals surface area contributed by atoms with Gasteiger partial charge in [-0.2, -0.15) is 0 Å². The normalized spacial score (nSPS) is 12.1. The van der Waals surface area contributed by atoms with E-state index in [1.54, 1.807) is 6.07 Å². The van der Waals surface area contributed by atoms with Gasteiger partial charge in [0.05, 0.1) is 22.7 Å². The van der Waals surface area contributed by atoms with Crippen molar-refractivity contribution in [3.8, 4) is 0 Å². The highest BCUT2D eigenvalue weighted by Crippen LogP contribution is 2.33. The number of hydrogen-bond acceptors (Lipinski definition) is 4. The zero-order chi connectivity index (χ0) is 19.3. The molecule has 2 amide bonds. The number of rotatable bonds is 3. The molecule has 0 spiro atoms. The van der Waals surface area contributed by atoms with E-state index < -0.39 is 17.3 Å². The lowest BCUT2D eigenvalue weighted by Gasteiger charge is -2.21. The summed E-state index contributed by atoms with van der Waals surface area (Å²) in [6.45, 7) is 4.05. The minimum absolute atomic E-state index is 0.265. The van der Waals surface area contributed by atoms with Gasteiger partial charge in [0.2, 0.25) is 0 Å². The second-order valence-corrected chi connectivity index (χ2v) is 7.06. The predicted molar refractivity (Wildman–Crippen MR) is 100 cm³/mol. The molecule has 4 aromatic rings. The Kier molecular flexibility index (Phi) is 3.62. The predicted octanol–water partition coefficient (Wildman–Crippen LogP) is 2.04. The molecule has 0 atom stereocenters. The largest absolute Gasteiger partial charge is 0.352 e. The molecule has 138 valence electrons. The Morgan fingerprint density at radius 1 is 1.30 bits per heavy atom. The number of nitrogens with zero attached hydrogens (tertiary/aromatic N) is 2. The average molecular weight is 368 g/mol. The molecule has 2 aromatic carbocycles. The molecule has 2 heterocycles. The molecular formula is C18H17FN6O2. The van der Waals surface area contributed by atoms with Crippen LogP contribution in [0.1, 0.15) is 19.7 Å². The Labute approximate surface area is 152 Å². The van der Waals surface area contributed by atoms with Crippen LogP contribution in [0.25, 0.3) is 32.7 Å². The lowest BCUT2D eigenvalue weighted by atomic mass is 9.92. The summed E-state index contributed by atoms with van der Waals surface area (Å²) in [5.41, 5.74) is 5.82. The highest BCUT2D eigenvalue weighted by molar-refractivity contribution is 6.21. The topological polar surface area (TPSA) is 130 Å². The van der Waals surface area contributed by atoms with Crippen molar-refractivity contribution >= 4 is 38.7 Å². The van der Waals surface area contributed by atoms with E-state index in [-0.39, 0.29) is 12.1 Å². The minimum atomic E-state index is -0.626. The third-order valence-electron chi connectivity index (χ3n) is 4.65. The number of primary amides is 1. The molecule has 0 aliphatic carbocycles. The number of aromatic amines is 2. The van der Waals surface area contributed by atoms with Gasteiger partial charge in [-0.3, -0.25) is 4.79 Å². The highest BCUT2D eigenvalue weighted by atomic mass is 19.1. The van der Waals surface area contributed by atoms with Gasteiger partial charge in [-0.05, 0) is 18.2 Å². The lowest BCUT2D eigenvalue weighted by Crippen LogP contribution is -2.40. The van der Waals surface area contributed by atoms with Gasteiger partial charge in [-0.15, -0.1) is 0 Å². The van der Waals surface area contributed by atoms with Crippen molar-refractivity contribution in [3.05, 3.63) is 46.5 Å². The first-order chi connectivity index (χ1) is 12.8. The molecule has 0 bridgehead atoms. The number of urea groups is 1. The number of aromatic nitrogens is 4. The van der Waals surface area contributed by atoms with Crippen molar-refractivity contribution in [2.45, 2.75) is 19.3 Å². The second kappa shape index (κ2) is 5.76. The number of benzene rings is 2. The number of halogens is 1. The number of hydrogen-bond donors (Lipinski definition) is 4. The van der Waals surface area contributed by atoms with Crippen LogP contribution >= 0.6 is 0 Å². The standard InChI is InChI=1S/C18H17FN6O2/c1-18(2,6-21-17(20)27)16-24-12-9-4-3-8(19)5-10(9)11-13(14(12)25-16)22-7-23-15(11)26/h3-5,7H,6H2,1-2H3,(H,24,25)(H3,20,21,27)(H,22,23,26). The minimum Gasteiger partial charge on any atom is -0.352 e. The summed E-state index contributed by atoms with van der Waals surface area (Å²) >= 11 is 0. The van der Waals surface area contributed by atoms with Crippen molar-refractivity contribution in [1.29, 1.82) is 0 Å². The Bertz CT molecular complexity index is 1270. The number of nitrogens with one attached hydrogen (secondary N) is 3. The van der Waals surface area contributed by atoms with E-state index in [1.807, 2.05) is 13.8 Å². The maximum atomic E-state index is 13.9. The first kappa shape index (κ1) is 17.0. The second-order valence-electron chi connectivity index (χ2n) is 7.06. The van der Waals surface area contributed by atoms with Crippen LogP contribution in [0.2, 0.25) is 0 Å². The fourth-order valence-electron chi connectivity index (χ4n) is 3.22. The summed E-state index contributed by atoms with van der Waals surface area (Å²) < 4.78 is 13.9. The number of fused-ring (bicyclic) bond motifs is 6. The molecular weight excluding hydrogens is 351 g/mol. The summed E-state index contributed by atoms with van der Waals surface area (Å²) in [6, 6.07) is 3.60. The van der Waals surface area contributed by atoms with Crippen molar-refractivity contribution in [2.24, 2.45) is 5.73 Å². The maximum Gasteiger partial charge on any atom is 0.312 e. The fourth-order valence-corrected chi connectivity index (χ4v) is 3.22. The monoisotopic (exact) mass is 368 g/mol. The van der Waals surface area contributed by atoms with Crippen LogP contribution in [-0.2, 0) is 5.41 Å². The van der Waals surface area contributed by atoms with E-state index in [2.05, 4.69) is 25.3 Å². The van der Waals surface area contributed by atoms with E-state index in [4.69, 9.17) is 5.73 Å². The number of carbonyl (C=O) groups is 1. The van der Waals surface area contributed by atoms with Crippen LogP contribution in [0.3, 0.4) is 0 Å². The van der Waals surface area contributed by atoms with Crippen LogP contribution < -0.4 is 16.6 Å². The van der Waals surface area contributed by atoms with Gasteiger partial charge in [-0.1, -0.05) is 13.8 Å². The van der Waals surface area contributed by atoms with Crippen molar-refractivity contribution < 1.29 is 9.18 Å². The van der Waals surface area contributed by atoms with Gasteiger partial charge >= 0.3 is 6.03 Å². The zero-order valence-electron chi connectivity index (χ0n) is 14.7. The Hall–Kier alpha value is -3.49. The molecule has 0 unspecified atom stereocenters. The van der Waals surface area contributed by atoms with Crippen LogP contribution in [-0.4, -0.2) is 32.5 Å². The van der Waals surface area contributed by atoms with Crippen molar-refractivity contribution in [1.82, 2.24) is 25.3 Å². The van der Waals surface area contributed by atoms with Gasteiger partial charge in [0.25, 0.3) is 5.56 Å². The van der Waals surface area contributed by atoms with Gasteiger partial charge in [0.15, 0.2) is 0 Å². The molecule has 0 saturated heterocycles. The molecule has 27 heavy (non-hydrogen) atoms. The van der Waals surface area contributed by atoms with Gasteiger partial charge in [-0.25, -0.2) is 19.2 Å². The number of nitrogens with two attached hydrogens (primary N) is 1. The highest BCUT2D eigenvalue weighted by Gasteiger charge is 2.27. The molecule has 0 fully saturated rings. The van der Waals surface area contributed by atoms with E-state index in [0.29, 0.717) is 38.5 Å². The first-order valence-corrected chi connectivity index (χ1v) is 8.30. The fraction of sp³-hybridized carbons (Fsp3) is 0.222. The quantitative estimate of drug-likeness (QED) is 0.412. The van der Waals surface area contributed by atoms with Crippen molar-refractivity contribution in [3.63, 3.8) is 0 Å². The van der Waals surface area contributed by atoms with Crippen LogP contribution in [0.4, 0.5) is 9.18 Å². The zero-order valence-corrected chi connectivity index (χ0v) is 14.7.